The van der Waals surface area contributed by atoms with Gasteiger partial charge >= 0.3 is 0 Å². The molecule has 1 aliphatic rings. The van der Waals surface area contributed by atoms with E-state index >= 15 is 0 Å². The molecular weight excluding hydrogens is 400 g/mol. The summed E-state index contributed by atoms with van der Waals surface area (Å²) in [4.78, 5) is 26.0. The Morgan fingerprint density at radius 1 is 1.20 bits per heavy atom. The second-order valence-corrected chi connectivity index (χ2v) is 8.28. The topological polar surface area (TPSA) is 67.2 Å². The molecule has 0 unspecified atom stereocenters. The Labute approximate surface area is 181 Å². The molecule has 0 atom stereocenters. The van der Waals surface area contributed by atoms with E-state index in [9.17, 15) is 4.79 Å². The lowest BCUT2D eigenvalue weighted by atomic mass is 9.88. The molecule has 0 spiro atoms. The largest absolute Gasteiger partial charge is 0.347 e. The molecule has 2 aromatic heterocycles. The van der Waals surface area contributed by atoms with Crippen LogP contribution in [0.3, 0.4) is 0 Å². The zero-order valence-corrected chi connectivity index (χ0v) is 18.2. The summed E-state index contributed by atoms with van der Waals surface area (Å²) in [5, 5.41) is 4.80. The Kier molecular flexibility index (Phi) is 5.72. The number of aryl methyl sites for hydroxylation is 1. The summed E-state index contributed by atoms with van der Waals surface area (Å²) in [6.45, 7) is 1.38. The normalized spacial score (nSPS) is 14.7. The number of hydrogen-bond donors (Lipinski definition) is 0. The summed E-state index contributed by atoms with van der Waals surface area (Å²) in [5.41, 5.74) is 3.66. The molecule has 0 N–H and O–H groups in total. The lowest BCUT2D eigenvalue weighted by Gasteiger charge is -2.32. The quantitative estimate of drug-likeness (QED) is 0.640. The standard InChI is InChI=1S/C22H25ClN6O/c1-27(2)22-24-13-19(16-5-4-6-18(23)11-16)20(26-22)15-7-9-29(10-8-15)21(30)17-12-25-28(3)14-17/h4-6,11-15H,7-10H2,1-3H3. The minimum atomic E-state index is 0.0354. The molecular formula is C22H25ClN6O. The molecule has 4 rings (SSSR count). The molecule has 0 bridgehead atoms. The SMILES string of the molecule is CN(C)c1ncc(-c2cccc(Cl)c2)c(C2CCN(C(=O)c3cnn(C)c3)CC2)n1. The molecule has 0 aliphatic carbocycles. The van der Waals surface area contributed by atoms with E-state index in [-0.39, 0.29) is 11.8 Å². The van der Waals surface area contributed by atoms with Gasteiger partial charge in [-0.2, -0.15) is 5.10 Å². The first-order valence-corrected chi connectivity index (χ1v) is 10.4. The average Bonchev–Trinajstić information content (AvgIpc) is 3.19. The van der Waals surface area contributed by atoms with Crippen molar-refractivity contribution in [2.75, 3.05) is 32.1 Å². The first-order chi connectivity index (χ1) is 14.4. The number of carbonyl (C=O) groups excluding carboxylic acids is 1. The van der Waals surface area contributed by atoms with Gasteiger partial charge in [-0.15, -0.1) is 0 Å². The maximum absolute atomic E-state index is 12.8. The van der Waals surface area contributed by atoms with E-state index in [1.807, 2.05) is 61.4 Å². The summed E-state index contributed by atoms with van der Waals surface area (Å²) in [6.07, 6.45) is 6.97. The van der Waals surface area contributed by atoms with E-state index in [1.54, 1.807) is 17.1 Å². The highest BCUT2D eigenvalue weighted by atomic mass is 35.5. The minimum absolute atomic E-state index is 0.0354. The van der Waals surface area contributed by atoms with Crippen LogP contribution in [0.25, 0.3) is 11.1 Å². The van der Waals surface area contributed by atoms with Gasteiger partial charge in [0.2, 0.25) is 5.95 Å². The van der Waals surface area contributed by atoms with Crippen LogP contribution in [-0.4, -0.2) is 57.7 Å². The van der Waals surface area contributed by atoms with Gasteiger partial charge in [0.15, 0.2) is 0 Å². The molecule has 1 aliphatic heterocycles. The number of anilines is 1. The first-order valence-electron chi connectivity index (χ1n) is 10.0. The summed E-state index contributed by atoms with van der Waals surface area (Å²) < 4.78 is 1.65. The van der Waals surface area contributed by atoms with Crippen LogP contribution in [0.15, 0.2) is 42.9 Å². The van der Waals surface area contributed by atoms with Crippen molar-refractivity contribution in [1.29, 1.82) is 0 Å². The predicted octanol–water partition coefficient (Wildman–Crippen LogP) is 3.62. The molecule has 1 fully saturated rings. The molecule has 3 aromatic rings. The Hall–Kier alpha value is -2.93. The zero-order chi connectivity index (χ0) is 21.3. The van der Waals surface area contributed by atoms with Gasteiger partial charge in [0.1, 0.15) is 0 Å². The van der Waals surface area contributed by atoms with Gasteiger partial charge in [-0.05, 0) is 30.5 Å². The number of aromatic nitrogens is 4. The van der Waals surface area contributed by atoms with E-state index in [0.29, 0.717) is 29.6 Å². The van der Waals surface area contributed by atoms with Gasteiger partial charge in [-0.25, -0.2) is 9.97 Å². The van der Waals surface area contributed by atoms with Gasteiger partial charge in [0.05, 0.1) is 17.5 Å². The van der Waals surface area contributed by atoms with E-state index in [2.05, 4.69) is 10.1 Å². The van der Waals surface area contributed by atoms with Crippen molar-refractivity contribution in [2.24, 2.45) is 7.05 Å². The second kappa shape index (κ2) is 8.44. The number of amides is 1. The first kappa shape index (κ1) is 20.3. The van der Waals surface area contributed by atoms with E-state index < -0.39 is 0 Å². The van der Waals surface area contributed by atoms with E-state index in [0.717, 1.165) is 29.7 Å². The van der Waals surface area contributed by atoms with Crippen LogP contribution in [0.4, 0.5) is 5.95 Å². The maximum atomic E-state index is 12.8. The van der Waals surface area contributed by atoms with Crippen molar-refractivity contribution < 1.29 is 4.79 Å². The third kappa shape index (κ3) is 4.16. The van der Waals surface area contributed by atoms with Crippen molar-refractivity contribution in [1.82, 2.24) is 24.6 Å². The summed E-state index contributed by atoms with van der Waals surface area (Å²) in [5.74, 6) is 0.969. The summed E-state index contributed by atoms with van der Waals surface area (Å²) >= 11 is 6.23. The highest BCUT2D eigenvalue weighted by molar-refractivity contribution is 6.30. The van der Waals surface area contributed by atoms with Crippen LogP contribution in [0.2, 0.25) is 5.02 Å². The fourth-order valence-electron chi connectivity index (χ4n) is 3.86. The number of carbonyl (C=O) groups is 1. The van der Waals surface area contributed by atoms with Crippen molar-refractivity contribution in [3.05, 3.63) is 59.1 Å². The predicted molar refractivity (Wildman–Crippen MR) is 118 cm³/mol. The number of nitrogens with zero attached hydrogens (tertiary/aromatic N) is 6. The third-order valence-electron chi connectivity index (χ3n) is 5.46. The number of piperidine rings is 1. The van der Waals surface area contributed by atoms with Gasteiger partial charge < -0.3 is 9.80 Å². The molecule has 1 saturated heterocycles. The van der Waals surface area contributed by atoms with Crippen LogP contribution in [0.5, 0.6) is 0 Å². The van der Waals surface area contributed by atoms with Gasteiger partial charge in [0.25, 0.3) is 5.91 Å². The lowest BCUT2D eigenvalue weighted by molar-refractivity contribution is 0.0712. The average molecular weight is 425 g/mol. The monoisotopic (exact) mass is 424 g/mol. The summed E-state index contributed by atoms with van der Waals surface area (Å²) in [7, 11) is 5.69. The lowest BCUT2D eigenvalue weighted by Crippen LogP contribution is -2.38. The van der Waals surface area contributed by atoms with Crippen LogP contribution in [0.1, 0.15) is 34.8 Å². The highest BCUT2D eigenvalue weighted by Crippen LogP contribution is 2.35. The molecule has 0 radical (unpaired) electrons. The maximum Gasteiger partial charge on any atom is 0.257 e. The van der Waals surface area contributed by atoms with E-state index in [4.69, 9.17) is 16.6 Å². The molecule has 1 aromatic carbocycles. The smallest absolute Gasteiger partial charge is 0.257 e. The molecule has 156 valence electrons. The van der Waals surface area contributed by atoms with Crippen LogP contribution < -0.4 is 4.90 Å². The van der Waals surface area contributed by atoms with Gasteiger partial charge in [-0.1, -0.05) is 23.7 Å². The van der Waals surface area contributed by atoms with Crippen molar-refractivity contribution >= 4 is 23.5 Å². The van der Waals surface area contributed by atoms with Crippen LogP contribution >= 0.6 is 11.6 Å². The number of halogens is 1. The van der Waals surface area contributed by atoms with Gasteiger partial charge in [0, 0.05) is 63.1 Å². The van der Waals surface area contributed by atoms with Crippen LogP contribution in [0, 0.1) is 0 Å². The summed E-state index contributed by atoms with van der Waals surface area (Å²) in [6, 6.07) is 7.78. The fourth-order valence-corrected chi connectivity index (χ4v) is 4.05. The number of likely N-dealkylation sites (tertiary alicyclic amines) is 1. The Morgan fingerprint density at radius 2 is 1.97 bits per heavy atom. The molecule has 0 saturated carbocycles. The fraction of sp³-hybridized carbons (Fsp3) is 0.364. The molecule has 8 heteroatoms. The van der Waals surface area contributed by atoms with Crippen LogP contribution in [-0.2, 0) is 7.05 Å². The molecule has 3 heterocycles. The van der Waals surface area contributed by atoms with Crippen molar-refractivity contribution in [2.45, 2.75) is 18.8 Å². The minimum Gasteiger partial charge on any atom is -0.347 e. The number of hydrogen-bond acceptors (Lipinski definition) is 5. The molecule has 30 heavy (non-hydrogen) atoms. The zero-order valence-electron chi connectivity index (χ0n) is 17.4. The van der Waals surface area contributed by atoms with E-state index in [1.165, 1.54) is 0 Å². The Morgan fingerprint density at radius 3 is 2.60 bits per heavy atom. The third-order valence-corrected chi connectivity index (χ3v) is 5.70. The van der Waals surface area contributed by atoms with Crippen molar-refractivity contribution in [3.8, 4) is 11.1 Å². The Balaban J connectivity index is 1.59. The second-order valence-electron chi connectivity index (χ2n) is 7.84. The molecule has 1 amide bonds. The number of rotatable bonds is 4. The molecule has 7 nitrogen and oxygen atoms in total. The highest BCUT2D eigenvalue weighted by Gasteiger charge is 2.28. The Bertz CT molecular complexity index is 1060. The number of benzene rings is 1. The van der Waals surface area contributed by atoms with Gasteiger partial charge in [-0.3, -0.25) is 9.48 Å². The van der Waals surface area contributed by atoms with Crippen molar-refractivity contribution in [3.63, 3.8) is 0 Å².